The lowest BCUT2D eigenvalue weighted by molar-refractivity contribution is -0.129. The molecule has 0 heterocycles. The Morgan fingerprint density at radius 3 is 2.50 bits per heavy atom. The number of nitrogens with zero attached hydrogens (tertiary/aromatic N) is 1. The molecule has 116 valence electrons. The van der Waals surface area contributed by atoms with Gasteiger partial charge in [-0.25, -0.2) is 0 Å². The Hall–Kier alpha value is -1.74. The zero-order chi connectivity index (χ0) is 16.1. The van der Waals surface area contributed by atoms with E-state index in [1.54, 1.807) is 16.7 Å². The number of hydrogen-bond donors (Lipinski definition) is 0. The number of benzene rings is 2. The van der Waals surface area contributed by atoms with Gasteiger partial charge in [0.1, 0.15) is 0 Å². The monoisotopic (exact) mass is 313 g/mol. The van der Waals surface area contributed by atoms with Crippen LogP contribution in [0.25, 0.3) is 0 Å². The van der Waals surface area contributed by atoms with Gasteiger partial charge in [-0.05, 0) is 38.0 Å². The van der Waals surface area contributed by atoms with Gasteiger partial charge in [0.25, 0.3) is 0 Å². The maximum atomic E-state index is 12.6. The highest BCUT2D eigenvalue weighted by Crippen LogP contribution is 2.28. The Kier molecular flexibility index (Phi) is 5.67. The lowest BCUT2D eigenvalue weighted by atomic mass is 10.2. The number of hydrogen-bond acceptors (Lipinski definition) is 2. The summed E-state index contributed by atoms with van der Waals surface area (Å²) in [6, 6.07) is 16.5. The minimum atomic E-state index is -0.0887. The van der Waals surface area contributed by atoms with Crippen molar-refractivity contribution >= 4 is 17.7 Å². The van der Waals surface area contributed by atoms with Crippen LogP contribution in [0.1, 0.15) is 23.6 Å². The summed E-state index contributed by atoms with van der Waals surface area (Å²) in [5.74, 6) is 0.162. The largest absolute Gasteiger partial charge is 0.340 e. The van der Waals surface area contributed by atoms with Crippen molar-refractivity contribution in [3.63, 3.8) is 0 Å². The molecule has 0 saturated carbocycles. The Morgan fingerprint density at radius 1 is 1.14 bits per heavy atom. The second kappa shape index (κ2) is 7.50. The first-order valence-electron chi connectivity index (χ1n) is 7.50. The van der Waals surface area contributed by atoms with Gasteiger partial charge in [0.15, 0.2) is 0 Å². The first kappa shape index (κ1) is 16.6. The molecule has 2 rings (SSSR count). The van der Waals surface area contributed by atoms with E-state index in [-0.39, 0.29) is 11.2 Å². The molecule has 1 amide bonds. The molecule has 2 aromatic rings. The van der Waals surface area contributed by atoms with Crippen molar-refractivity contribution in [2.75, 3.05) is 7.05 Å². The first-order chi connectivity index (χ1) is 10.5. The van der Waals surface area contributed by atoms with E-state index >= 15 is 0 Å². The summed E-state index contributed by atoms with van der Waals surface area (Å²) < 4.78 is 0. The lowest BCUT2D eigenvalue weighted by Gasteiger charge is -2.22. The predicted octanol–water partition coefficient (Wildman–Crippen LogP) is 4.44. The molecule has 0 saturated heterocycles. The second-order valence-corrected chi connectivity index (χ2v) is 7.09. The Morgan fingerprint density at radius 2 is 1.82 bits per heavy atom. The fourth-order valence-corrected chi connectivity index (χ4v) is 3.49. The normalized spacial score (nSPS) is 12.0. The number of thioether (sulfide) groups is 1. The standard InChI is InChI=1S/C19H23NOS/c1-14-10-11-15(2)18(12-14)22-16(3)19(21)20(4)13-17-8-6-5-7-9-17/h5-12,16H,13H2,1-4H3. The van der Waals surface area contributed by atoms with Crippen LogP contribution < -0.4 is 0 Å². The predicted molar refractivity (Wildman–Crippen MR) is 94.2 cm³/mol. The zero-order valence-corrected chi connectivity index (χ0v) is 14.5. The van der Waals surface area contributed by atoms with Crippen molar-refractivity contribution < 1.29 is 4.79 Å². The van der Waals surface area contributed by atoms with E-state index in [1.807, 2.05) is 44.3 Å². The topological polar surface area (TPSA) is 20.3 Å². The Labute approximate surface area is 137 Å². The molecule has 0 aliphatic carbocycles. The summed E-state index contributed by atoms with van der Waals surface area (Å²) in [6.45, 7) is 6.80. The van der Waals surface area contributed by atoms with Crippen molar-refractivity contribution in [3.05, 3.63) is 65.2 Å². The summed E-state index contributed by atoms with van der Waals surface area (Å²) in [5, 5.41) is -0.0887. The SMILES string of the molecule is Cc1ccc(C)c(SC(C)C(=O)N(C)Cc2ccccc2)c1. The van der Waals surface area contributed by atoms with E-state index in [0.717, 1.165) is 5.56 Å². The van der Waals surface area contributed by atoms with E-state index in [9.17, 15) is 4.79 Å². The second-order valence-electron chi connectivity index (χ2n) is 5.71. The zero-order valence-electron chi connectivity index (χ0n) is 13.7. The van der Waals surface area contributed by atoms with Gasteiger partial charge < -0.3 is 4.90 Å². The lowest BCUT2D eigenvalue weighted by Crippen LogP contribution is -2.32. The van der Waals surface area contributed by atoms with Gasteiger partial charge in [0.2, 0.25) is 5.91 Å². The molecule has 0 spiro atoms. The van der Waals surface area contributed by atoms with Crippen molar-refractivity contribution in [1.29, 1.82) is 0 Å². The molecule has 0 aromatic heterocycles. The van der Waals surface area contributed by atoms with Crippen LogP contribution >= 0.6 is 11.8 Å². The molecule has 22 heavy (non-hydrogen) atoms. The van der Waals surface area contributed by atoms with Crippen LogP contribution in [0.2, 0.25) is 0 Å². The van der Waals surface area contributed by atoms with Crippen LogP contribution in [-0.4, -0.2) is 23.1 Å². The molecule has 3 heteroatoms. The number of rotatable bonds is 5. The molecule has 1 unspecified atom stereocenters. The molecule has 1 atom stereocenters. The van der Waals surface area contributed by atoms with Gasteiger partial charge in [-0.1, -0.05) is 48.0 Å². The van der Waals surface area contributed by atoms with Crippen LogP contribution in [0.5, 0.6) is 0 Å². The van der Waals surface area contributed by atoms with E-state index in [4.69, 9.17) is 0 Å². The number of amides is 1. The van der Waals surface area contributed by atoms with E-state index < -0.39 is 0 Å². The smallest absolute Gasteiger partial charge is 0.235 e. The number of aryl methyl sites for hydroxylation is 2. The van der Waals surface area contributed by atoms with Gasteiger partial charge in [-0.2, -0.15) is 0 Å². The van der Waals surface area contributed by atoms with Crippen LogP contribution in [0.15, 0.2) is 53.4 Å². The summed E-state index contributed by atoms with van der Waals surface area (Å²) in [7, 11) is 1.87. The maximum absolute atomic E-state index is 12.6. The van der Waals surface area contributed by atoms with Crippen molar-refractivity contribution in [3.8, 4) is 0 Å². The average Bonchev–Trinajstić information content (AvgIpc) is 2.51. The molecule has 0 radical (unpaired) electrons. The third-order valence-electron chi connectivity index (χ3n) is 3.63. The van der Waals surface area contributed by atoms with E-state index in [1.165, 1.54) is 16.0 Å². The highest BCUT2D eigenvalue weighted by molar-refractivity contribution is 8.00. The van der Waals surface area contributed by atoms with Crippen molar-refractivity contribution in [1.82, 2.24) is 4.90 Å². The highest BCUT2D eigenvalue weighted by Gasteiger charge is 2.19. The van der Waals surface area contributed by atoms with E-state index in [0.29, 0.717) is 6.54 Å². The minimum Gasteiger partial charge on any atom is -0.340 e. The fraction of sp³-hybridized carbons (Fsp3) is 0.316. The van der Waals surface area contributed by atoms with E-state index in [2.05, 4.69) is 32.0 Å². The summed E-state index contributed by atoms with van der Waals surface area (Å²) >= 11 is 1.64. The Bertz CT molecular complexity index is 639. The molecule has 0 bridgehead atoms. The quantitative estimate of drug-likeness (QED) is 0.760. The number of carbonyl (C=O) groups excluding carboxylic acids is 1. The molecule has 0 N–H and O–H groups in total. The molecule has 2 aromatic carbocycles. The summed E-state index contributed by atoms with van der Waals surface area (Å²) in [5.41, 5.74) is 3.61. The molecule has 2 nitrogen and oxygen atoms in total. The van der Waals surface area contributed by atoms with Crippen LogP contribution in [0.4, 0.5) is 0 Å². The third-order valence-corrected chi connectivity index (χ3v) is 4.88. The molecule has 0 aliphatic heterocycles. The molecular formula is C19H23NOS. The molecular weight excluding hydrogens is 290 g/mol. The third kappa shape index (κ3) is 4.38. The molecule has 0 aliphatic rings. The van der Waals surface area contributed by atoms with Crippen LogP contribution in [-0.2, 0) is 11.3 Å². The summed E-state index contributed by atoms with van der Waals surface area (Å²) in [4.78, 5) is 15.5. The first-order valence-corrected chi connectivity index (χ1v) is 8.38. The van der Waals surface area contributed by atoms with Gasteiger partial charge in [0.05, 0.1) is 5.25 Å². The minimum absolute atomic E-state index is 0.0887. The van der Waals surface area contributed by atoms with Gasteiger partial charge >= 0.3 is 0 Å². The van der Waals surface area contributed by atoms with Crippen molar-refractivity contribution in [2.24, 2.45) is 0 Å². The van der Waals surface area contributed by atoms with Gasteiger partial charge in [0, 0.05) is 18.5 Å². The Balaban J connectivity index is 2.01. The maximum Gasteiger partial charge on any atom is 0.235 e. The molecule has 0 fully saturated rings. The van der Waals surface area contributed by atoms with Gasteiger partial charge in [-0.3, -0.25) is 4.79 Å². The average molecular weight is 313 g/mol. The van der Waals surface area contributed by atoms with Crippen molar-refractivity contribution in [2.45, 2.75) is 37.5 Å². The van der Waals surface area contributed by atoms with Crippen LogP contribution in [0, 0.1) is 13.8 Å². The summed E-state index contributed by atoms with van der Waals surface area (Å²) in [6.07, 6.45) is 0. The fourth-order valence-electron chi connectivity index (χ4n) is 2.32. The highest BCUT2D eigenvalue weighted by atomic mass is 32.2. The van der Waals surface area contributed by atoms with Crippen LogP contribution in [0.3, 0.4) is 0 Å². The number of carbonyl (C=O) groups is 1. The van der Waals surface area contributed by atoms with Gasteiger partial charge in [-0.15, -0.1) is 11.8 Å².